The second kappa shape index (κ2) is 9.69. The fourth-order valence-electron chi connectivity index (χ4n) is 9.67. The summed E-state index contributed by atoms with van der Waals surface area (Å²) < 4.78 is 22.7. The van der Waals surface area contributed by atoms with Gasteiger partial charge in [-0.2, -0.15) is 0 Å². The van der Waals surface area contributed by atoms with E-state index >= 15 is 4.79 Å². The highest BCUT2D eigenvalue weighted by Crippen LogP contribution is 2.66. The summed E-state index contributed by atoms with van der Waals surface area (Å²) in [6.45, 7) is 14.0. The Bertz CT molecular complexity index is 2060. The Morgan fingerprint density at radius 3 is 1.91 bits per heavy atom. The van der Waals surface area contributed by atoms with Crippen molar-refractivity contribution in [1.29, 1.82) is 0 Å². The predicted octanol–water partition coefficient (Wildman–Crippen LogP) is 8.14. The van der Waals surface area contributed by atoms with Crippen LogP contribution in [0.3, 0.4) is 0 Å². The normalized spacial score (nSPS) is 27.1. The Morgan fingerprint density at radius 2 is 1.32 bits per heavy atom. The lowest BCUT2D eigenvalue weighted by atomic mass is 9.42. The first-order valence-corrected chi connectivity index (χ1v) is 16.3. The molecule has 3 unspecified atom stereocenters. The van der Waals surface area contributed by atoms with Crippen LogP contribution in [-0.4, -0.2) is 30.9 Å². The third-order valence-electron chi connectivity index (χ3n) is 11.9. The van der Waals surface area contributed by atoms with Crippen LogP contribution >= 0.6 is 0 Å². The Kier molecular flexibility index (Phi) is 6.13. The van der Waals surface area contributed by atoms with Crippen LogP contribution in [-0.2, 0) is 16.0 Å². The molecule has 3 aromatic rings. The standard InChI is InChI=1S/C40H38O7/c1-20-15-39(6)17-38(5)16-28-27(25-9-11-30-32(13-25)47-19-45-30)14-26(24-8-10-29-31(12-24)46-18-44-29)21(2)34(28)36(42)35(38)22(3)40(39,7)37(43)33(20)23(4)41/h8-14H,15-19H2,1-7H3. The van der Waals surface area contributed by atoms with Gasteiger partial charge in [0, 0.05) is 16.6 Å². The lowest BCUT2D eigenvalue weighted by molar-refractivity contribution is -0.134. The Morgan fingerprint density at radius 1 is 0.745 bits per heavy atom. The van der Waals surface area contributed by atoms with Crippen LogP contribution in [0.1, 0.15) is 75.9 Å². The minimum atomic E-state index is -0.974. The number of Topliss-reactive ketones (excluding diaryl/α,β-unsaturated/α-hetero) is 3. The SMILES string of the molecule is CC(=O)C1=C(C)CC2(C)CC3(C)Cc4c(-c5ccc6c(c5)OCO6)cc(-c5ccc6c(c5)OCO6)c(C)c4C(=O)C3=C(C)C2(C)C1=O. The summed E-state index contributed by atoms with van der Waals surface area (Å²) >= 11 is 0. The second-order valence-electron chi connectivity index (χ2n) is 14.7. The number of ketones is 3. The molecule has 2 aliphatic heterocycles. The topological polar surface area (TPSA) is 88.1 Å². The number of ether oxygens (including phenoxy) is 4. The molecule has 7 heteroatoms. The number of benzene rings is 3. The fourth-order valence-corrected chi connectivity index (χ4v) is 9.67. The van der Waals surface area contributed by atoms with Crippen LogP contribution in [0.4, 0.5) is 0 Å². The summed E-state index contributed by atoms with van der Waals surface area (Å²) in [7, 11) is 0. The number of hydrogen-bond acceptors (Lipinski definition) is 7. The quantitative estimate of drug-likeness (QED) is 0.270. The molecule has 0 fully saturated rings. The molecule has 47 heavy (non-hydrogen) atoms. The number of allylic oxidation sites excluding steroid dienone is 4. The smallest absolute Gasteiger partial charge is 0.231 e. The minimum Gasteiger partial charge on any atom is -0.454 e. The zero-order valence-electron chi connectivity index (χ0n) is 27.9. The molecule has 3 aromatic carbocycles. The van der Waals surface area contributed by atoms with Gasteiger partial charge in [0.25, 0.3) is 0 Å². The van der Waals surface area contributed by atoms with Crippen molar-refractivity contribution >= 4 is 17.3 Å². The Hall–Kier alpha value is -4.65. The molecule has 0 amide bonds. The lowest BCUT2D eigenvalue weighted by Crippen LogP contribution is -2.57. The molecule has 8 rings (SSSR count). The van der Waals surface area contributed by atoms with Gasteiger partial charge in [0.15, 0.2) is 40.3 Å². The van der Waals surface area contributed by atoms with Crippen molar-refractivity contribution < 1.29 is 33.3 Å². The third-order valence-corrected chi connectivity index (χ3v) is 11.9. The van der Waals surface area contributed by atoms with Crippen molar-refractivity contribution in [1.82, 2.24) is 0 Å². The molecule has 0 bridgehead atoms. The van der Waals surface area contributed by atoms with E-state index in [1.807, 2.05) is 64.1 Å². The van der Waals surface area contributed by atoms with Crippen LogP contribution in [0.25, 0.3) is 22.3 Å². The summed E-state index contributed by atoms with van der Waals surface area (Å²) in [5.41, 5.74) is 6.98. The van der Waals surface area contributed by atoms with E-state index in [2.05, 4.69) is 19.9 Å². The number of carbonyl (C=O) groups is 3. The lowest BCUT2D eigenvalue weighted by Gasteiger charge is -2.59. The maximum atomic E-state index is 15.2. The number of rotatable bonds is 3. The van der Waals surface area contributed by atoms with Crippen molar-refractivity contribution in [2.45, 2.75) is 67.7 Å². The van der Waals surface area contributed by atoms with Gasteiger partial charge in [0.1, 0.15) is 0 Å². The molecule has 0 spiro atoms. The monoisotopic (exact) mass is 630 g/mol. The molecule has 0 radical (unpaired) electrons. The van der Waals surface area contributed by atoms with E-state index in [-0.39, 0.29) is 30.9 Å². The van der Waals surface area contributed by atoms with Crippen molar-refractivity contribution in [2.24, 2.45) is 16.2 Å². The minimum absolute atomic E-state index is 0.0416. The van der Waals surface area contributed by atoms with E-state index in [0.717, 1.165) is 44.5 Å². The molecule has 0 N–H and O–H groups in total. The molecule has 2 heterocycles. The van der Waals surface area contributed by atoms with E-state index in [0.29, 0.717) is 59.0 Å². The molecule has 0 aromatic heterocycles. The van der Waals surface area contributed by atoms with Gasteiger partial charge in [-0.3, -0.25) is 14.4 Å². The largest absolute Gasteiger partial charge is 0.454 e. The maximum Gasteiger partial charge on any atom is 0.231 e. The van der Waals surface area contributed by atoms with Crippen molar-refractivity contribution in [3.8, 4) is 45.3 Å². The van der Waals surface area contributed by atoms with Crippen LogP contribution in [0, 0.1) is 23.2 Å². The number of hydrogen-bond donors (Lipinski definition) is 0. The molecule has 5 aliphatic rings. The molecular formula is C40H38O7. The van der Waals surface area contributed by atoms with Crippen LogP contribution in [0.2, 0.25) is 0 Å². The van der Waals surface area contributed by atoms with Crippen molar-refractivity contribution in [3.05, 3.63) is 81.4 Å². The van der Waals surface area contributed by atoms with Crippen molar-refractivity contribution in [2.75, 3.05) is 13.6 Å². The summed E-state index contributed by atoms with van der Waals surface area (Å²) in [4.78, 5) is 42.3. The molecule has 240 valence electrons. The van der Waals surface area contributed by atoms with E-state index < -0.39 is 16.2 Å². The predicted molar refractivity (Wildman–Crippen MR) is 177 cm³/mol. The molecule has 7 nitrogen and oxygen atoms in total. The van der Waals surface area contributed by atoms with Crippen LogP contribution in [0.15, 0.2) is 64.8 Å². The zero-order chi connectivity index (χ0) is 33.2. The van der Waals surface area contributed by atoms with Gasteiger partial charge in [0.2, 0.25) is 13.6 Å². The molecule has 0 saturated carbocycles. The van der Waals surface area contributed by atoms with E-state index in [1.165, 1.54) is 6.92 Å². The second-order valence-corrected chi connectivity index (χ2v) is 14.7. The van der Waals surface area contributed by atoms with E-state index in [4.69, 9.17) is 18.9 Å². The maximum absolute atomic E-state index is 15.2. The highest BCUT2D eigenvalue weighted by atomic mass is 16.7. The van der Waals surface area contributed by atoms with Gasteiger partial charge >= 0.3 is 0 Å². The molecule has 3 aliphatic carbocycles. The Labute approximate surface area is 274 Å². The van der Waals surface area contributed by atoms with E-state index in [1.54, 1.807) is 0 Å². The summed E-state index contributed by atoms with van der Waals surface area (Å²) in [6, 6.07) is 14.0. The first-order valence-electron chi connectivity index (χ1n) is 16.3. The van der Waals surface area contributed by atoms with Gasteiger partial charge in [-0.25, -0.2) is 0 Å². The van der Waals surface area contributed by atoms with Gasteiger partial charge in [-0.15, -0.1) is 0 Å². The van der Waals surface area contributed by atoms with Gasteiger partial charge in [-0.05, 0) is 123 Å². The number of fused-ring (bicyclic) bond motifs is 5. The van der Waals surface area contributed by atoms with Crippen molar-refractivity contribution in [3.63, 3.8) is 0 Å². The van der Waals surface area contributed by atoms with Gasteiger partial charge in [-0.1, -0.05) is 37.1 Å². The molecular weight excluding hydrogens is 592 g/mol. The summed E-state index contributed by atoms with van der Waals surface area (Å²) in [5.74, 6) is 2.33. The number of carbonyl (C=O) groups excluding carboxylic acids is 3. The van der Waals surface area contributed by atoms with Crippen LogP contribution < -0.4 is 18.9 Å². The van der Waals surface area contributed by atoms with Gasteiger partial charge < -0.3 is 18.9 Å². The molecule has 0 saturated heterocycles. The average molecular weight is 631 g/mol. The van der Waals surface area contributed by atoms with E-state index in [9.17, 15) is 9.59 Å². The summed E-state index contributed by atoms with van der Waals surface area (Å²) in [6.07, 6.45) is 1.91. The Balaban J connectivity index is 1.38. The zero-order valence-corrected chi connectivity index (χ0v) is 27.9. The fraction of sp³-hybridized carbons (Fsp3) is 0.375. The van der Waals surface area contributed by atoms with Crippen LogP contribution in [0.5, 0.6) is 23.0 Å². The molecule has 3 atom stereocenters. The highest BCUT2D eigenvalue weighted by Gasteiger charge is 2.63. The average Bonchev–Trinajstić information content (AvgIpc) is 3.67. The first kappa shape index (κ1) is 29.7. The summed E-state index contributed by atoms with van der Waals surface area (Å²) in [5, 5.41) is 0. The van der Waals surface area contributed by atoms with Gasteiger partial charge in [0.05, 0.1) is 11.0 Å². The third kappa shape index (κ3) is 3.89. The highest BCUT2D eigenvalue weighted by molar-refractivity contribution is 6.24. The first-order chi connectivity index (χ1) is 22.3.